The number of guanidine groups is 1. The van der Waals surface area contributed by atoms with E-state index in [1.54, 1.807) is 13.2 Å². The van der Waals surface area contributed by atoms with Gasteiger partial charge >= 0.3 is 0 Å². The lowest BCUT2D eigenvalue weighted by molar-refractivity contribution is 0.493. The third kappa shape index (κ3) is 8.18. The van der Waals surface area contributed by atoms with Crippen LogP contribution in [0.4, 0.5) is 0 Å². The molecule has 0 fully saturated rings. The van der Waals surface area contributed by atoms with Crippen LogP contribution in [-0.4, -0.2) is 24.5 Å². The highest BCUT2D eigenvalue weighted by Gasteiger charge is 2.09. The summed E-state index contributed by atoms with van der Waals surface area (Å²) >= 11 is 3.54. The molecule has 1 aromatic carbocycles. The van der Waals surface area contributed by atoms with Crippen LogP contribution >= 0.6 is 39.9 Å². The molecule has 0 aliphatic rings. The lowest BCUT2D eigenvalue weighted by atomic mass is 9.97. The van der Waals surface area contributed by atoms with Crippen LogP contribution in [0, 0.1) is 5.92 Å². The third-order valence-corrected chi connectivity index (χ3v) is 4.43. The number of hydrogen-bond acceptors (Lipinski definition) is 2. The van der Waals surface area contributed by atoms with Gasteiger partial charge in [-0.25, -0.2) is 0 Å². The molecule has 0 radical (unpaired) electrons. The van der Waals surface area contributed by atoms with E-state index in [1.165, 1.54) is 5.56 Å². The maximum Gasteiger partial charge on any atom is 0.191 e. The van der Waals surface area contributed by atoms with Crippen molar-refractivity contribution < 1.29 is 0 Å². The van der Waals surface area contributed by atoms with Crippen molar-refractivity contribution in [1.82, 2.24) is 15.6 Å². The Morgan fingerprint density at radius 3 is 2.68 bits per heavy atom. The van der Waals surface area contributed by atoms with Gasteiger partial charge in [0.1, 0.15) is 0 Å². The van der Waals surface area contributed by atoms with Crippen LogP contribution in [0.15, 0.2) is 58.1 Å². The van der Waals surface area contributed by atoms with Crippen LogP contribution in [0.2, 0.25) is 0 Å². The summed E-state index contributed by atoms with van der Waals surface area (Å²) in [4.78, 5) is 8.60. The zero-order valence-electron chi connectivity index (χ0n) is 14.7. The second kappa shape index (κ2) is 12.2. The van der Waals surface area contributed by atoms with E-state index in [2.05, 4.69) is 67.7 Å². The Kier molecular flexibility index (Phi) is 10.7. The Hall–Kier alpha value is -1.15. The zero-order chi connectivity index (χ0) is 17.2. The summed E-state index contributed by atoms with van der Waals surface area (Å²) in [5.41, 5.74) is 2.36. The summed E-state index contributed by atoms with van der Waals surface area (Å²) in [6.07, 6.45) is 3.98. The fraction of sp³-hybridized carbons (Fsp3) is 0.368. The minimum absolute atomic E-state index is 0. The first kappa shape index (κ1) is 21.9. The van der Waals surface area contributed by atoms with E-state index >= 15 is 0 Å². The number of benzene rings is 1. The number of nitrogens with zero attached hydrogens (tertiary/aromatic N) is 2. The van der Waals surface area contributed by atoms with Gasteiger partial charge in [0.25, 0.3) is 0 Å². The molecule has 0 amide bonds. The van der Waals surface area contributed by atoms with E-state index in [-0.39, 0.29) is 24.0 Å². The number of rotatable bonds is 7. The molecule has 0 spiro atoms. The van der Waals surface area contributed by atoms with E-state index in [9.17, 15) is 0 Å². The number of pyridine rings is 1. The van der Waals surface area contributed by atoms with Gasteiger partial charge < -0.3 is 10.6 Å². The van der Waals surface area contributed by atoms with E-state index in [0.29, 0.717) is 12.5 Å². The molecule has 2 aromatic rings. The van der Waals surface area contributed by atoms with Crippen LogP contribution < -0.4 is 10.6 Å². The van der Waals surface area contributed by atoms with Crippen molar-refractivity contribution in [3.05, 3.63) is 64.4 Å². The molecule has 2 rings (SSSR count). The lowest BCUT2D eigenvalue weighted by Crippen LogP contribution is -2.39. The van der Waals surface area contributed by atoms with Crippen molar-refractivity contribution in [2.24, 2.45) is 10.9 Å². The summed E-state index contributed by atoms with van der Waals surface area (Å²) in [5.74, 6) is 1.38. The maximum absolute atomic E-state index is 4.31. The van der Waals surface area contributed by atoms with Crippen LogP contribution in [0.3, 0.4) is 0 Å². The fourth-order valence-electron chi connectivity index (χ4n) is 2.50. The summed E-state index contributed by atoms with van der Waals surface area (Å²) in [5, 5.41) is 6.73. The minimum atomic E-state index is 0. The molecule has 0 aliphatic heterocycles. The summed E-state index contributed by atoms with van der Waals surface area (Å²) in [7, 11) is 1.79. The van der Waals surface area contributed by atoms with Crippen molar-refractivity contribution >= 4 is 45.9 Å². The molecule has 6 heteroatoms. The highest BCUT2D eigenvalue weighted by molar-refractivity contribution is 14.0. The normalized spacial score (nSPS) is 12.2. The molecule has 2 N–H and O–H groups in total. The van der Waals surface area contributed by atoms with Crippen molar-refractivity contribution in [2.75, 3.05) is 13.6 Å². The Balaban J connectivity index is 0.00000312. The molecular formula is C19H26BrIN4. The van der Waals surface area contributed by atoms with Crippen molar-refractivity contribution in [3.63, 3.8) is 0 Å². The van der Waals surface area contributed by atoms with Crippen LogP contribution in [0.5, 0.6) is 0 Å². The van der Waals surface area contributed by atoms with Crippen molar-refractivity contribution in [2.45, 2.75) is 26.3 Å². The molecule has 1 atom stereocenters. The molecule has 25 heavy (non-hydrogen) atoms. The molecule has 1 unspecified atom stereocenters. The van der Waals surface area contributed by atoms with Gasteiger partial charge in [0, 0.05) is 24.3 Å². The van der Waals surface area contributed by atoms with Gasteiger partial charge in [-0.05, 0) is 42.2 Å². The number of halogens is 2. The van der Waals surface area contributed by atoms with Crippen molar-refractivity contribution in [3.8, 4) is 0 Å². The van der Waals surface area contributed by atoms with Gasteiger partial charge in [-0.15, -0.1) is 24.0 Å². The maximum atomic E-state index is 4.31. The monoisotopic (exact) mass is 516 g/mol. The Morgan fingerprint density at radius 2 is 2.04 bits per heavy atom. The highest BCUT2D eigenvalue weighted by atomic mass is 127. The molecule has 0 bridgehead atoms. The quantitative estimate of drug-likeness (QED) is 0.326. The first-order valence-electron chi connectivity index (χ1n) is 8.30. The minimum Gasteiger partial charge on any atom is -0.356 e. The second-order valence-corrected chi connectivity index (χ2v) is 6.65. The SMILES string of the molecule is CCC(CNC(=NC)NCc1ccccn1)Cc1cccc(Br)c1.I. The Morgan fingerprint density at radius 1 is 1.20 bits per heavy atom. The number of hydrogen-bond donors (Lipinski definition) is 2. The smallest absolute Gasteiger partial charge is 0.191 e. The van der Waals surface area contributed by atoms with Gasteiger partial charge in [0.2, 0.25) is 0 Å². The number of nitrogens with one attached hydrogen (secondary N) is 2. The number of aromatic nitrogens is 1. The lowest BCUT2D eigenvalue weighted by Gasteiger charge is -2.18. The van der Waals surface area contributed by atoms with Crippen LogP contribution in [0.1, 0.15) is 24.6 Å². The first-order valence-corrected chi connectivity index (χ1v) is 9.09. The largest absolute Gasteiger partial charge is 0.356 e. The third-order valence-electron chi connectivity index (χ3n) is 3.94. The Labute approximate surface area is 176 Å². The molecule has 0 saturated carbocycles. The van der Waals surface area contributed by atoms with Gasteiger partial charge in [0.05, 0.1) is 12.2 Å². The van der Waals surface area contributed by atoms with Gasteiger partial charge in [-0.1, -0.05) is 47.5 Å². The van der Waals surface area contributed by atoms with Crippen LogP contribution in [0.25, 0.3) is 0 Å². The molecule has 136 valence electrons. The fourth-order valence-corrected chi connectivity index (χ4v) is 2.94. The van der Waals surface area contributed by atoms with E-state index in [1.807, 2.05) is 18.2 Å². The predicted octanol–water partition coefficient (Wildman–Crippen LogP) is 4.40. The molecule has 0 aliphatic carbocycles. The average molecular weight is 517 g/mol. The summed E-state index contributed by atoms with van der Waals surface area (Å²) in [6, 6.07) is 14.4. The highest BCUT2D eigenvalue weighted by Crippen LogP contribution is 2.16. The topological polar surface area (TPSA) is 49.3 Å². The number of aliphatic imine (C=N–C) groups is 1. The molecule has 1 aromatic heterocycles. The molecule has 4 nitrogen and oxygen atoms in total. The molecule has 1 heterocycles. The van der Waals surface area contributed by atoms with E-state index < -0.39 is 0 Å². The second-order valence-electron chi connectivity index (χ2n) is 5.74. The average Bonchev–Trinajstić information content (AvgIpc) is 2.61. The standard InChI is InChI=1S/C19H25BrN4.HI/c1-3-15(11-16-7-6-8-17(20)12-16)13-23-19(21-2)24-14-18-9-4-5-10-22-18;/h4-10,12,15H,3,11,13-14H2,1-2H3,(H2,21,23,24);1H. The van der Waals surface area contributed by atoms with E-state index in [4.69, 9.17) is 0 Å². The van der Waals surface area contributed by atoms with E-state index in [0.717, 1.165) is 35.5 Å². The Bertz CT molecular complexity index is 649. The molecule has 0 saturated heterocycles. The van der Waals surface area contributed by atoms with Gasteiger partial charge in [0.15, 0.2) is 5.96 Å². The summed E-state index contributed by atoms with van der Waals surface area (Å²) in [6.45, 7) is 3.79. The predicted molar refractivity (Wildman–Crippen MR) is 119 cm³/mol. The zero-order valence-corrected chi connectivity index (χ0v) is 18.6. The molecular weight excluding hydrogens is 491 g/mol. The summed E-state index contributed by atoms with van der Waals surface area (Å²) < 4.78 is 1.13. The van der Waals surface area contributed by atoms with Gasteiger partial charge in [-0.2, -0.15) is 0 Å². The van der Waals surface area contributed by atoms with Crippen molar-refractivity contribution in [1.29, 1.82) is 0 Å². The van der Waals surface area contributed by atoms with Crippen LogP contribution in [-0.2, 0) is 13.0 Å². The van der Waals surface area contributed by atoms with Gasteiger partial charge in [-0.3, -0.25) is 9.98 Å². The first-order chi connectivity index (χ1) is 11.7.